The zero-order valence-corrected chi connectivity index (χ0v) is 17.9. The first-order chi connectivity index (χ1) is 16.1. The lowest BCUT2D eigenvalue weighted by Gasteiger charge is -2.04. The average Bonchev–Trinajstić information content (AvgIpc) is 3.45. The molecule has 0 amide bonds. The zero-order valence-electron chi connectivity index (χ0n) is 17.9. The molecule has 0 fully saturated rings. The van der Waals surface area contributed by atoms with Crippen LogP contribution in [0.3, 0.4) is 0 Å². The smallest absolute Gasteiger partial charge is 0.181 e. The predicted octanol–water partition coefficient (Wildman–Crippen LogP) is 5.74. The standard InChI is InChI=1S/C26H21FN6/c1-3-15(9-19(28)4-2)17-10-21-25(32-33-26(21)30-12-17)23-11-20-22(13-29-14-24(20)31-23)16-6-5-7-18(27)8-16/h3-14,31H,2,28H2,1H3,(H,30,32,33)/b15-3+,19-9+. The minimum absolute atomic E-state index is 0.288. The molecule has 5 aromatic rings. The highest BCUT2D eigenvalue weighted by Crippen LogP contribution is 2.34. The van der Waals surface area contributed by atoms with Crippen molar-refractivity contribution in [1.29, 1.82) is 0 Å². The number of allylic oxidation sites excluding steroid dienone is 4. The van der Waals surface area contributed by atoms with Gasteiger partial charge in [0.25, 0.3) is 0 Å². The fourth-order valence-electron chi connectivity index (χ4n) is 3.91. The molecule has 33 heavy (non-hydrogen) atoms. The van der Waals surface area contributed by atoms with Crippen molar-refractivity contribution < 1.29 is 4.39 Å². The normalized spacial score (nSPS) is 12.5. The van der Waals surface area contributed by atoms with Gasteiger partial charge in [0.1, 0.15) is 5.82 Å². The molecular weight excluding hydrogens is 415 g/mol. The quantitative estimate of drug-likeness (QED) is 0.306. The maximum Gasteiger partial charge on any atom is 0.181 e. The Morgan fingerprint density at radius 1 is 1.12 bits per heavy atom. The topological polar surface area (TPSA) is 96.3 Å². The van der Waals surface area contributed by atoms with Crippen molar-refractivity contribution in [1.82, 2.24) is 25.1 Å². The number of pyridine rings is 2. The van der Waals surface area contributed by atoms with Crippen molar-refractivity contribution in [2.45, 2.75) is 6.92 Å². The maximum absolute atomic E-state index is 13.8. The molecule has 0 aliphatic rings. The third kappa shape index (κ3) is 3.70. The molecular formula is C26H21FN6. The van der Waals surface area contributed by atoms with E-state index >= 15 is 0 Å². The molecule has 6 nitrogen and oxygen atoms in total. The monoisotopic (exact) mass is 436 g/mol. The molecule has 4 heterocycles. The molecule has 1 aromatic carbocycles. The second-order valence-electron chi connectivity index (χ2n) is 7.63. The first kappa shape index (κ1) is 20.4. The number of rotatable bonds is 5. The Balaban J connectivity index is 1.64. The molecule has 4 aromatic heterocycles. The van der Waals surface area contributed by atoms with Crippen LogP contribution in [0.1, 0.15) is 12.5 Å². The molecule has 0 saturated carbocycles. The lowest BCUT2D eigenvalue weighted by atomic mass is 10.0. The van der Waals surface area contributed by atoms with Crippen LogP contribution >= 0.6 is 0 Å². The number of benzene rings is 1. The fraction of sp³-hybridized carbons (Fsp3) is 0.0385. The average molecular weight is 436 g/mol. The number of aromatic nitrogens is 5. The Kier molecular flexibility index (Phi) is 5.06. The summed E-state index contributed by atoms with van der Waals surface area (Å²) < 4.78 is 13.8. The highest BCUT2D eigenvalue weighted by molar-refractivity contribution is 6.00. The maximum atomic E-state index is 13.8. The molecule has 162 valence electrons. The van der Waals surface area contributed by atoms with Crippen molar-refractivity contribution in [2.24, 2.45) is 5.73 Å². The molecule has 4 N–H and O–H groups in total. The Bertz CT molecular complexity index is 1570. The summed E-state index contributed by atoms with van der Waals surface area (Å²) in [5.74, 6) is -0.288. The van der Waals surface area contributed by atoms with Gasteiger partial charge in [-0.2, -0.15) is 5.10 Å². The lowest BCUT2D eigenvalue weighted by Crippen LogP contribution is -1.93. The van der Waals surface area contributed by atoms with Crippen LogP contribution in [0.2, 0.25) is 0 Å². The minimum Gasteiger partial charge on any atom is -0.399 e. The summed E-state index contributed by atoms with van der Waals surface area (Å²) in [4.78, 5) is 12.2. The molecule has 5 rings (SSSR count). The number of nitrogens with zero attached hydrogens (tertiary/aromatic N) is 3. The highest BCUT2D eigenvalue weighted by atomic mass is 19.1. The van der Waals surface area contributed by atoms with E-state index in [0.717, 1.165) is 49.9 Å². The molecule has 0 aliphatic heterocycles. The van der Waals surface area contributed by atoms with Crippen LogP contribution in [0.15, 0.2) is 85.5 Å². The van der Waals surface area contributed by atoms with Crippen molar-refractivity contribution in [3.63, 3.8) is 0 Å². The van der Waals surface area contributed by atoms with Gasteiger partial charge in [0.05, 0.1) is 23.1 Å². The SMILES string of the molecule is C=C/C(N)=C\C(=C/C)c1cnc2n[nH]c(-c3cc4c(-c5cccc(F)c5)cncc4[nH]3)c2c1. The minimum atomic E-state index is -0.288. The second kappa shape index (κ2) is 8.20. The molecule has 0 unspecified atom stereocenters. The first-order valence-corrected chi connectivity index (χ1v) is 10.4. The number of fused-ring (bicyclic) bond motifs is 2. The Morgan fingerprint density at radius 3 is 2.79 bits per heavy atom. The van der Waals surface area contributed by atoms with Gasteiger partial charge in [-0.3, -0.25) is 10.1 Å². The molecule has 0 spiro atoms. The van der Waals surface area contributed by atoms with E-state index in [-0.39, 0.29) is 5.82 Å². The zero-order chi connectivity index (χ0) is 22.9. The van der Waals surface area contributed by atoms with Gasteiger partial charge in [0.15, 0.2) is 5.65 Å². The Morgan fingerprint density at radius 2 is 2.00 bits per heavy atom. The van der Waals surface area contributed by atoms with Crippen LogP contribution in [0.5, 0.6) is 0 Å². The van der Waals surface area contributed by atoms with Crippen LogP contribution in [0, 0.1) is 5.82 Å². The molecule has 0 bridgehead atoms. The van der Waals surface area contributed by atoms with Crippen LogP contribution in [0.25, 0.3) is 50.0 Å². The largest absolute Gasteiger partial charge is 0.399 e. The molecule has 0 radical (unpaired) electrons. The summed E-state index contributed by atoms with van der Waals surface area (Å²) in [5.41, 5.74) is 13.1. The summed E-state index contributed by atoms with van der Waals surface area (Å²) in [7, 11) is 0. The summed E-state index contributed by atoms with van der Waals surface area (Å²) >= 11 is 0. The number of hydrogen-bond acceptors (Lipinski definition) is 4. The van der Waals surface area contributed by atoms with Gasteiger partial charge in [-0.1, -0.05) is 24.8 Å². The van der Waals surface area contributed by atoms with Gasteiger partial charge >= 0.3 is 0 Å². The highest BCUT2D eigenvalue weighted by Gasteiger charge is 2.15. The number of nitrogens with one attached hydrogen (secondary N) is 2. The molecule has 7 heteroatoms. The van der Waals surface area contributed by atoms with Crippen LogP contribution in [0.4, 0.5) is 4.39 Å². The van der Waals surface area contributed by atoms with E-state index in [1.165, 1.54) is 12.1 Å². The third-order valence-corrected chi connectivity index (χ3v) is 5.56. The summed E-state index contributed by atoms with van der Waals surface area (Å²) in [6.07, 6.45) is 10.7. The van der Waals surface area contributed by atoms with Crippen LogP contribution < -0.4 is 5.73 Å². The van der Waals surface area contributed by atoms with E-state index < -0.39 is 0 Å². The number of H-pyrrole nitrogens is 2. The van der Waals surface area contributed by atoms with Gasteiger partial charge in [-0.05, 0) is 54.5 Å². The molecule has 0 aliphatic carbocycles. The number of halogens is 1. The summed E-state index contributed by atoms with van der Waals surface area (Å²) in [6, 6.07) is 10.5. The van der Waals surface area contributed by atoms with Crippen molar-refractivity contribution in [2.75, 3.05) is 0 Å². The van der Waals surface area contributed by atoms with E-state index in [1.54, 1.807) is 30.7 Å². The van der Waals surface area contributed by atoms with Gasteiger partial charge in [-0.15, -0.1) is 0 Å². The van der Waals surface area contributed by atoms with Gasteiger partial charge in [0, 0.05) is 40.0 Å². The molecule has 0 atom stereocenters. The van der Waals surface area contributed by atoms with Crippen molar-refractivity contribution in [3.05, 3.63) is 96.9 Å². The predicted molar refractivity (Wildman–Crippen MR) is 130 cm³/mol. The Labute approximate surface area is 189 Å². The van der Waals surface area contributed by atoms with Crippen molar-refractivity contribution >= 4 is 27.5 Å². The number of nitrogens with two attached hydrogens (primary N) is 1. The number of hydrogen-bond donors (Lipinski definition) is 3. The van der Waals surface area contributed by atoms with Gasteiger partial charge < -0.3 is 10.7 Å². The van der Waals surface area contributed by atoms with Crippen LogP contribution in [-0.2, 0) is 0 Å². The van der Waals surface area contributed by atoms with E-state index in [2.05, 4.69) is 31.7 Å². The van der Waals surface area contributed by atoms with E-state index in [9.17, 15) is 4.39 Å². The van der Waals surface area contributed by atoms with E-state index in [0.29, 0.717) is 11.3 Å². The second-order valence-corrected chi connectivity index (χ2v) is 7.63. The number of aromatic amines is 2. The summed E-state index contributed by atoms with van der Waals surface area (Å²) in [6.45, 7) is 5.66. The first-order valence-electron chi connectivity index (χ1n) is 10.4. The summed E-state index contributed by atoms with van der Waals surface area (Å²) in [5, 5.41) is 9.26. The lowest BCUT2D eigenvalue weighted by molar-refractivity contribution is 0.628. The van der Waals surface area contributed by atoms with Gasteiger partial charge in [0.2, 0.25) is 0 Å². The fourth-order valence-corrected chi connectivity index (χ4v) is 3.91. The van der Waals surface area contributed by atoms with E-state index in [1.807, 2.05) is 37.3 Å². The van der Waals surface area contributed by atoms with Gasteiger partial charge in [-0.25, -0.2) is 9.37 Å². The van der Waals surface area contributed by atoms with Crippen molar-refractivity contribution in [3.8, 4) is 22.5 Å². The molecule has 0 saturated heterocycles. The third-order valence-electron chi connectivity index (χ3n) is 5.56. The van der Waals surface area contributed by atoms with Crippen LogP contribution in [-0.4, -0.2) is 25.1 Å². The van der Waals surface area contributed by atoms with E-state index in [4.69, 9.17) is 5.73 Å². The Hall–Kier alpha value is -4.52.